The number of amides is 1. The highest BCUT2D eigenvalue weighted by Gasteiger charge is 2.25. The maximum absolute atomic E-state index is 11.3. The highest BCUT2D eigenvalue weighted by molar-refractivity contribution is 5.77. The van der Waals surface area contributed by atoms with Crippen LogP contribution in [0.15, 0.2) is 0 Å². The summed E-state index contributed by atoms with van der Waals surface area (Å²) in [6.07, 6.45) is 4.86. The molecule has 5 nitrogen and oxygen atoms in total. The molecule has 1 rings (SSSR count). The Labute approximate surface area is 97.0 Å². The number of nitrogens with two attached hydrogens (primary N) is 1. The molecule has 0 spiro atoms. The molecule has 1 fully saturated rings. The van der Waals surface area contributed by atoms with Crippen molar-refractivity contribution < 1.29 is 9.90 Å². The minimum absolute atomic E-state index is 0.128. The van der Waals surface area contributed by atoms with Gasteiger partial charge in [-0.05, 0) is 12.8 Å². The molecular weight excluding hydrogens is 206 g/mol. The minimum Gasteiger partial charge on any atom is -0.395 e. The highest BCUT2D eigenvalue weighted by Crippen LogP contribution is 2.23. The van der Waals surface area contributed by atoms with Crippen molar-refractivity contribution >= 4 is 5.91 Å². The molecule has 0 aromatic rings. The van der Waals surface area contributed by atoms with Crippen molar-refractivity contribution in [3.8, 4) is 0 Å². The summed E-state index contributed by atoms with van der Waals surface area (Å²) in [6, 6.07) is 0.528. The molecule has 0 aromatic carbocycles. The predicted octanol–water partition coefficient (Wildman–Crippen LogP) is -0.151. The lowest BCUT2D eigenvalue weighted by Crippen LogP contribution is -2.44. The Morgan fingerprint density at radius 2 is 2.19 bits per heavy atom. The van der Waals surface area contributed by atoms with E-state index in [1.165, 1.54) is 25.7 Å². The molecule has 0 bridgehead atoms. The van der Waals surface area contributed by atoms with Crippen molar-refractivity contribution in [2.75, 3.05) is 19.7 Å². The third kappa shape index (κ3) is 3.73. The third-order valence-electron chi connectivity index (χ3n) is 3.33. The van der Waals surface area contributed by atoms with Gasteiger partial charge in [-0.3, -0.25) is 15.1 Å². The number of hydrazine groups is 1. The molecular formula is C11H23N3O2. The fourth-order valence-electron chi connectivity index (χ4n) is 2.40. The second kappa shape index (κ2) is 6.83. The average Bonchev–Trinajstić information content (AvgIpc) is 2.80. The first-order chi connectivity index (χ1) is 7.69. The van der Waals surface area contributed by atoms with Crippen molar-refractivity contribution in [2.24, 2.45) is 11.8 Å². The second-order valence-electron chi connectivity index (χ2n) is 4.57. The summed E-state index contributed by atoms with van der Waals surface area (Å²) < 4.78 is 0. The molecule has 4 N–H and O–H groups in total. The number of rotatable bonds is 6. The molecule has 1 aliphatic rings. The van der Waals surface area contributed by atoms with E-state index in [4.69, 9.17) is 10.9 Å². The zero-order chi connectivity index (χ0) is 12.0. The zero-order valence-corrected chi connectivity index (χ0v) is 9.98. The Bertz CT molecular complexity index is 217. The van der Waals surface area contributed by atoms with Gasteiger partial charge in [-0.15, -0.1) is 0 Å². The van der Waals surface area contributed by atoms with E-state index >= 15 is 0 Å². The molecule has 94 valence electrons. The van der Waals surface area contributed by atoms with Crippen molar-refractivity contribution in [3.63, 3.8) is 0 Å². The summed E-state index contributed by atoms with van der Waals surface area (Å²) in [5.74, 6) is 4.84. The summed E-state index contributed by atoms with van der Waals surface area (Å²) in [5, 5.41) is 9.04. The molecule has 0 saturated heterocycles. The molecule has 0 aliphatic heterocycles. The van der Waals surface area contributed by atoms with Gasteiger partial charge in [-0.1, -0.05) is 19.8 Å². The number of aliphatic hydroxyl groups is 1. The van der Waals surface area contributed by atoms with E-state index in [9.17, 15) is 4.79 Å². The monoisotopic (exact) mass is 229 g/mol. The summed E-state index contributed by atoms with van der Waals surface area (Å²) >= 11 is 0. The fraction of sp³-hybridized carbons (Fsp3) is 0.909. The summed E-state index contributed by atoms with van der Waals surface area (Å²) in [4.78, 5) is 13.6. The molecule has 1 atom stereocenters. The fourth-order valence-corrected chi connectivity index (χ4v) is 2.40. The van der Waals surface area contributed by atoms with Crippen LogP contribution in [0.3, 0.4) is 0 Å². The van der Waals surface area contributed by atoms with Gasteiger partial charge in [0.1, 0.15) is 0 Å². The van der Waals surface area contributed by atoms with E-state index in [0.717, 1.165) is 0 Å². The van der Waals surface area contributed by atoms with E-state index in [0.29, 0.717) is 19.1 Å². The van der Waals surface area contributed by atoms with Crippen molar-refractivity contribution in [1.82, 2.24) is 10.3 Å². The van der Waals surface area contributed by atoms with Crippen LogP contribution in [-0.2, 0) is 4.79 Å². The normalized spacial score (nSPS) is 19.0. The largest absolute Gasteiger partial charge is 0.395 e. The zero-order valence-electron chi connectivity index (χ0n) is 9.98. The lowest BCUT2D eigenvalue weighted by atomic mass is 10.1. The van der Waals surface area contributed by atoms with Crippen LogP contribution in [0.4, 0.5) is 0 Å². The summed E-state index contributed by atoms with van der Waals surface area (Å²) in [7, 11) is 0. The molecule has 16 heavy (non-hydrogen) atoms. The van der Waals surface area contributed by atoms with Crippen molar-refractivity contribution in [2.45, 2.75) is 38.6 Å². The van der Waals surface area contributed by atoms with Gasteiger partial charge in [0.25, 0.3) is 0 Å². The summed E-state index contributed by atoms with van der Waals surface area (Å²) in [6.45, 7) is 3.33. The number of nitrogens with one attached hydrogen (secondary N) is 1. The van der Waals surface area contributed by atoms with Crippen LogP contribution in [0.1, 0.15) is 32.6 Å². The molecule has 0 aromatic heterocycles. The number of carbonyl (C=O) groups is 1. The van der Waals surface area contributed by atoms with Gasteiger partial charge in [-0.25, -0.2) is 5.84 Å². The van der Waals surface area contributed by atoms with Crippen LogP contribution >= 0.6 is 0 Å². The van der Waals surface area contributed by atoms with Gasteiger partial charge < -0.3 is 5.11 Å². The maximum atomic E-state index is 11.3. The lowest BCUT2D eigenvalue weighted by molar-refractivity contribution is -0.125. The van der Waals surface area contributed by atoms with Crippen LogP contribution < -0.4 is 11.3 Å². The first-order valence-electron chi connectivity index (χ1n) is 6.04. The Balaban J connectivity index is 2.46. The van der Waals surface area contributed by atoms with Gasteiger partial charge in [-0.2, -0.15) is 0 Å². The SMILES string of the molecule is CC(CN(CCO)C1CCCC1)C(=O)NN. The van der Waals surface area contributed by atoms with E-state index in [1.54, 1.807) is 0 Å². The van der Waals surface area contributed by atoms with E-state index in [2.05, 4.69) is 10.3 Å². The number of hydrogen-bond donors (Lipinski definition) is 3. The molecule has 1 unspecified atom stereocenters. The minimum atomic E-state index is -0.138. The topological polar surface area (TPSA) is 78.6 Å². The van der Waals surface area contributed by atoms with Crippen LogP contribution in [0.25, 0.3) is 0 Å². The number of aliphatic hydroxyl groups excluding tert-OH is 1. The van der Waals surface area contributed by atoms with Gasteiger partial charge in [0.15, 0.2) is 0 Å². The van der Waals surface area contributed by atoms with E-state index in [-0.39, 0.29) is 18.4 Å². The van der Waals surface area contributed by atoms with Crippen LogP contribution in [-0.4, -0.2) is 41.7 Å². The maximum Gasteiger partial charge on any atom is 0.237 e. The van der Waals surface area contributed by atoms with Gasteiger partial charge in [0, 0.05) is 25.0 Å². The lowest BCUT2D eigenvalue weighted by Gasteiger charge is -2.30. The molecule has 0 radical (unpaired) electrons. The standard InChI is InChI=1S/C11H23N3O2/c1-9(11(16)13-12)8-14(6-7-15)10-4-2-3-5-10/h9-10,15H,2-8,12H2,1H3,(H,13,16). The van der Waals surface area contributed by atoms with Crippen LogP contribution in [0, 0.1) is 5.92 Å². The van der Waals surface area contributed by atoms with E-state index in [1.807, 2.05) is 6.92 Å². The predicted molar refractivity (Wildman–Crippen MR) is 62.4 cm³/mol. The summed E-state index contributed by atoms with van der Waals surface area (Å²) in [5.41, 5.74) is 2.17. The molecule has 1 amide bonds. The Hall–Kier alpha value is -0.650. The van der Waals surface area contributed by atoms with Crippen LogP contribution in [0.5, 0.6) is 0 Å². The molecule has 0 heterocycles. The first kappa shape index (κ1) is 13.4. The van der Waals surface area contributed by atoms with E-state index < -0.39 is 0 Å². The average molecular weight is 229 g/mol. The Kier molecular flexibility index (Phi) is 5.73. The first-order valence-corrected chi connectivity index (χ1v) is 6.04. The number of nitrogens with zero attached hydrogens (tertiary/aromatic N) is 1. The van der Waals surface area contributed by atoms with Crippen molar-refractivity contribution in [3.05, 3.63) is 0 Å². The van der Waals surface area contributed by atoms with Gasteiger partial charge >= 0.3 is 0 Å². The Morgan fingerprint density at radius 3 is 2.69 bits per heavy atom. The Morgan fingerprint density at radius 1 is 1.56 bits per heavy atom. The molecule has 1 saturated carbocycles. The number of carbonyl (C=O) groups excluding carboxylic acids is 1. The highest BCUT2D eigenvalue weighted by atomic mass is 16.3. The van der Waals surface area contributed by atoms with Crippen molar-refractivity contribution in [1.29, 1.82) is 0 Å². The quantitative estimate of drug-likeness (QED) is 0.336. The second-order valence-corrected chi connectivity index (χ2v) is 4.57. The molecule has 1 aliphatic carbocycles. The smallest absolute Gasteiger partial charge is 0.237 e. The molecule has 5 heteroatoms. The van der Waals surface area contributed by atoms with Crippen LogP contribution in [0.2, 0.25) is 0 Å². The number of hydrogen-bond acceptors (Lipinski definition) is 4. The third-order valence-corrected chi connectivity index (χ3v) is 3.33. The van der Waals surface area contributed by atoms with Gasteiger partial charge in [0.05, 0.1) is 6.61 Å². The van der Waals surface area contributed by atoms with Gasteiger partial charge in [0.2, 0.25) is 5.91 Å².